The number of nitrogens with zero attached hydrogens (tertiary/aromatic N) is 1. The summed E-state index contributed by atoms with van der Waals surface area (Å²) in [6.07, 6.45) is 3.36. The number of hydrogen-bond donors (Lipinski definition) is 1. The van der Waals surface area contributed by atoms with Crippen molar-refractivity contribution in [1.29, 1.82) is 0 Å². The van der Waals surface area contributed by atoms with Crippen molar-refractivity contribution >= 4 is 22.8 Å². The molecule has 0 saturated heterocycles. The lowest BCUT2D eigenvalue weighted by Crippen LogP contribution is -2.31. The Morgan fingerprint density at radius 3 is 2.54 bits per heavy atom. The van der Waals surface area contributed by atoms with Gasteiger partial charge in [0.15, 0.2) is 6.61 Å². The molecule has 4 rings (SSSR count). The first kappa shape index (κ1) is 24.7. The Morgan fingerprint density at radius 2 is 1.83 bits per heavy atom. The topological polar surface area (TPSA) is 77.5 Å². The normalized spacial score (nSPS) is 15.4. The number of ether oxygens (including phenoxy) is 2. The Bertz CT molecular complexity index is 1210. The van der Waals surface area contributed by atoms with E-state index in [1.165, 1.54) is 0 Å². The second-order valence-corrected chi connectivity index (χ2v) is 10.3. The Kier molecular flexibility index (Phi) is 7.39. The van der Waals surface area contributed by atoms with Gasteiger partial charge in [0.05, 0.1) is 18.2 Å². The van der Waals surface area contributed by atoms with Crippen molar-refractivity contribution in [2.75, 3.05) is 20.3 Å². The van der Waals surface area contributed by atoms with Gasteiger partial charge in [0.2, 0.25) is 0 Å². The van der Waals surface area contributed by atoms with Gasteiger partial charge in [0, 0.05) is 17.6 Å². The number of carbonyl (C=O) groups is 2. The molecule has 0 bridgehead atoms. The molecule has 6 nitrogen and oxygen atoms in total. The van der Waals surface area contributed by atoms with E-state index in [9.17, 15) is 9.59 Å². The molecule has 1 aromatic heterocycles. The molecule has 184 valence electrons. The van der Waals surface area contributed by atoms with Crippen molar-refractivity contribution in [3.8, 4) is 5.75 Å². The van der Waals surface area contributed by atoms with Gasteiger partial charge in [-0.2, -0.15) is 0 Å². The monoisotopic (exact) mass is 474 g/mol. The zero-order valence-corrected chi connectivity index (χ0v) is 21.0. The molecule has 0 radical (unpaired) electrons. The summed E-state index contributed by atoms with van der Waals surface area (Å²) in [5.41, 5.74) is 4.52. The number of amides is 1. The van der Waals surface area contributed by atoms with E-state index in [1.807, 2.05) is 48.5 Å². The van der Waals surface area contributed by atoms with E-state index in [0.717, 1.165) is 52.7 Å². The molecule has 1 N–H and O–H groups in total. The number of carbonyl (C=O) groups excluding carboxylic acids is 2. The molecule has 1 aliphatic rings. The maximum absolute atomic E-state index is 13.3. The maximum atomic E-state index is 13.3. The number of benzene rings is 2. The minimum Gasteiger partial charge on any atom is -0.497 e. The van der Waals surface area contributed by atoms with Gasteiger partial charge in [-0.05, 0) is 66.3 Å². The zero-order chi connectivity index (χ0) is 25.0. The van der Waals surface area contributed by atoms with Crippen LogP contribution in [0.4, 0.5) is 0 Å². The SMILES string of the molecule is COc1ccc(CCNC(=O)COC(=O)c2c3c(nc4ccccc24)CC[C@@H](C(C)(C)C)C3)cc1. The summed E-state index contributed by atoms with van der Waals surface area (Å²) in [5, 5.41) is 3.62. The van der Waals surface area contributed by atoms with E-state index < -0.39 is 5.97 Å². The quantitative estimate of drug-likeness (QED) is 0.493. The standard InChI is InChI=1S/C29H34N2O4/c1-29(2,3)20-11-14-25-23(17-20)27(22-7-5-6-8-24(22)31-25)28(33)35-18-26(32)30-16-15-19-9-12-21(34-4)13-10-19/h5-10,12-13,20H,11,14-18H2,1-4H3,(H,30,32)/t20-/m1/s1. The van der Waals surface area contributed by atoms with Crippen LogP contribution in [-0.2, 0) is 28.8 Å². The fraction of sp³-hybridized carbons (Fsp3) is 0.414. The van der Waals surface area contributed by atoms with Gasteiger partial charge in [-0.3, -0.25) is 9.78 Å². The first-order valence-corrected chi connectivity index (χ1v) is 12.2. The summed E-state index contributed by atoms with van der Waals surface area (Å²) in [4.78, 5) is 30.5. The highest BCUT2D eigenvalue weighted by Crippen LogP contribution is 2.39. The maximum Gasteiger partial charge on any atom is 0.339 e. The highest BCUT2D eigenvalue weighted by atomic mass is 16.5. The third-order valence-corrected chi connectivity index (χ3v) is 6.92. The van der Waals surface area contributed by atoms with Gasteiger partial charge in [0.1, 0.15) is 5.75 Å². The van der Waals surface area contributed by atoms with Gasteiger partial charge in [0.25, 0.3) is 5.91 Å². The van der Waals surface area contributed by atoms with Crippen LogP contribution in [0.25, 0.3) is 10.9 Å². The molecule has 2 aromatic carbocycles. The minimum absolute atomic E-state index is 0.133. The first-order chi connectivity index (χ1) is 16.8. The van der Waals surface area contributed by atoms with Crippen molar-refractivity contribution in [3.63, 3.8) is 0 Å². The summed E-state index contributed by atoms with van der Waals surface area (Å²) >= 11 is 0. The van der Waals surface area contributed by atoms with E-state index in [2.05, 4.69) is 26.1 Å². The highest BCUT2D eigenvalue weighted by molar-refractivity contribution is 6.05. The Balaban J connectivity index is 1.44. The molecule has 3 aromatic rings. The number of fused-ring (bicyclic) bond motifs is 2. The second-order valence-electron chi connectivity index (χ2n) is 10.3. The molecule has 0 unspecified atom stereocenters. The summed E-state index contributed by atoms with van der Waals surface area (Å²) in [5.74, 6) is 0.474. The average Bonchev–Trinajstić information content (AvgIpc) is 2.85. The molecule has 0 fully saturated rings. The molecule has 0 saturated carbocycles. The summed E-state index contributed by atoms with van der Waals surface area (Å²) < 4.78 is 10.7. The van der Waals surface area contributed by atoms with Crippen LogP contribution in [0.3, 0.4) is 0 Å². The number of aryl methyl sites for hydroxylation is 1. The van der Waals surface area contributed by atoms with Crippen molar-refractivity contribution in [3.05, 3.63) is 70.9 Å². The molecular formula is C29H34N2O4. The van der Waals surface area contributed by atoms with Crippen molar-refractivity contribution in [2.24, 2.45) is 11.3 Å². The molecule has 35 heavy (non-hydrogen) atoms. The van der Waals surface area contributed by atoms with Gasteiger partial charge in [-0.1, -0.05) is 51.1 Å². The summed E-state index contributed by atoms with van der Waals surface area (Å²) in [6, 6.07) is 15.4. The Labute approximate surface area is 207 Å². The van der Waals surface area contributed by atoms with Crippen LogP contribution >= 0.6 is 0 Å². The van der Waals surface area contributed by atoms with Crippen LogP contribution in [0.15, 0.2) is 48.5 Å². The predicted octanol–water partition coefficient (Wildman–Crippen LogP) is 4.91. The lowest BCUT2D eigenvalue weighted by atomic mass is 9.70. The van der Waals surface area contributed by atoms with Crippen LogP contribution in [0.5, 0.6) is 5.75 Å². The lowest BCUT2D eigenvalue weighted by Gasteiger charge is -2.35. The molecule has 1 aliphatic carbocycles. The molecule has 6 heteroatoms. The largest absolute Gasteiger partial charge is 0.497 e. The third-order valence-electron chi connectivity index (χ3n) is 6.92. The first-order valence-electron chi connectivity index (χ1n) is 12.2. The molecular weight excluding hydrogens is 440 g/mol. The molecule has 1 heterocycles. The molecule has 0 aliphatic heterocycles. The fourth-order valence-electron chi connectivity index (χ4n) is 4.75. The van der Waals surface area contributed by atoms with E-state index in [-0.39, 0.29) is 17.9 Å². The number of methoxy groups -OCH3 is 1. The fourth-order valence-corrected chi connectivity index (χ4v) is 4.75. The summed E-state index contributed by atoms with van der Waals surface area (Å²) in [7, 11) is 1.63. The van der Waals surface area contributed by atoms with Crippen LogP contribution in [0.2, 0.25) is 0 Å². The average molecular weight is 475 g/mol. The number of para-hydroxylation sites is 1. The van der Waals surface area contributed by atoms with Gasteiger partial charge < -0.3 is 14.8 Å². The Morgan fingerprint density at radius 1 is 1.09 bits per heavy atom. The highest BCUT2D eigenvalue weighted by Gasteiger charge is 2.33. The van der Waals surface area contributed by atoms with Crippen molar-refractivity contribution in [2.45, 2.75) is 46.5 Å². The van der Waals surface area contributed by atoms with Crippen molar-refractivity contribution in [1.82, 2.24) is 10.3 Å². The number of hydrogen-bond acceptors (Lipinski definition) is 5. The zero-order valence-electron chi connectivity index (χ0n) is 21.0. The smallest absolute Gasteiger partial charge is 0.339 e. The number of aromatic nitrogens is 1. The number of esters is 1. The van der Waals surface area contributed by atoms with Crippen molar-refractivity contribution < 1.29 is 19.1 Å². The lowest BCUT2D eigenvalue weighted by molar-refractivity contribution is -0.124. The molecule has 1 amide bonds. The third kappa shape index (κ3) is 5.81. The number of nitrogens with one attached hydrogen (secondary N) is 1. The van der Waals surface area contributed by atoms with Crippen LogP contribution in [0.1, 0.15) is 54.4 Å². The predicted molar refractivity (Wildman–Crippen MR) is 137 cm³/mol. The summed E-state index contributed by atoms with van der Waals surface area (Å²) in [6.45, 7) is 6.88. The van der Waals surface area contributed by atoms with E-state index in [0.29, 0.717) is 24.4 Å². The molecule has 0 spiro atoms. The van der Waals surface area contributed by atoms with Crippen LogP contribution < -0.4 is 10.1 Å². The van der Waals surface area contributed by atoms with Gasteiger partial charge >= 0.3 is 5.97 Å². The van der Waals surface area contributed by atoms with Gasteiger partial charge in [-0.15, -0.1) is 0 Å². The van der Waals surface area contributed by atoms with E-state index >= 15 is 0 Å². The minimum atomic E-state index is -0.459. The Hall–Kier alpha value is -3.41. The second kappa shape index (κ2) is 10.5. The van der Waals surface area contributed by atoms with E-state index in [4.69, 9.17) is 14.5 Å². The van der Waals surface area contributed by atoms with Crippen LogP contribution in [-0.4, -0.2) is 37.1 Å². The number of pyridine rings is 1. The number of rotatable bonds is 7. The van der Waals surface area contributed by atoms with Crippen LogP contribution in [0, 0.1) is 11.3 Å². The molecule has 1 atom stereocenters. The van der Waals surface area contributed by atoms with E-state index in [1.54, 1.807) is 7.11 Å². The van der Waals surface area contributed by atoms with Gasteiger partial charge in [-0.25, -0.2) is 4.79 Å².